The average molecular weight is 549 g/mol. The lowest BCUT2D eigenvalue weighted by molar-refractivity contribution is 0.00713. The lowest BCUT2D eigenvalue weighted by atomic mass is 9.67. The van der Waals surface area contributed by atoms with Crippen LogP contribution in [0.4, 0.5) is 4.79 Å². The van der Waals surface area contributed by atoms with Crippen LogP contribution in [0.3, 0.4) is 0 Å². The molecule has 0 aliphatic heterocycles. The van der Waals surface area contributed by atoms with Gasteiger partial charge in [-0.1, -0.05) is 30.3 Å². The number of carbonyl (C=O) groups excluding carboxylic acids is 1. The molecule has 0 radical (unpaired) electrons. The standard InChI is InChI=1S/C32H36O8/c1-6-38-32(33)40-26-14-24-23-17-29(35-3)31(37-5)30(36-4)21(23)13-12-20(26)22-16-28(27(34-2)15-25(22)24)39-18-19-10-8-7-9-11-19/h7-11,15-17,20,24,26H,6,12-14,18H2,1-5H3/t20-,24-,26+/m1/s1. The minimum absolute atomic E-state index is 0.0772. The van der Waals surface area contributed by atoms with Gasteiger partial charge >= 0.3 is 6.16 Å². The van der Waals surface area contributed by atoms with Crippen LogP contribution >= 0.6 is 0 Å². The summed E-state index contributed by atoms with van der Waals surface area (Å²) in [5.74, 6) is 2.93. The molecule has 3 aromatic carbocycles. The normalized spacial score (nSPS) is 18.9. The van der Waals surface area contributed by atoms with Crippen LogP contribution in [-0.4, -0.2) is 47.3 Å². The van der Waals surface area contributed by atoms with Gasteiger partial charge in [0.15, 0.2) is 23.0 Å². The molecule has 0 saturated carbocycles. The van der Waals surface area contributed by atoms with Gasteiger partial charge in [-0.3, -0.25) is 0 Å². The molecule has 8 nitrogen and oxygen atoms in total. The number of benzene rings is 3. The zero-order valence-corrected chi connectivity index (χ0v) is 23.7. The van der Waals surface area contributed by atoms with Crippen molar-refractivity contribution >= 4 is 6.16 Å². The molecule has 0 N–H and O–H groups in total. The maximum atomic E-state index is 12.5. The molecule has 8 heteroatoms. The third-order valence-corrected chi connectivity index (χ3v) is 7.86. The van der Waals surface area contributed by atoms with Crippen LogP contribution in [0.25, 0.3) is 0 Å². The summed E-state index contributed by atoms with van der Waals surface area (Å²) in [5.41, 5.74) is 5.36. The van der Waals surface area contributed by atoms with Crippen molar-refractivity contribution in [2.75, 3.05) is 35.0 Å². The fourth-order valence-electron chi connectivity index (χ4n) is 6.09. The minimum Gasteiger partial charge on any atom is -0.493 e. The van der Waals surface area contributed by atoms with E-state index < -0.39 is 6.16 Å². The first-order chi connectivity index (χ1) is 19.5. The summed E-state index contributed by atoms with van der Waals surface area (Å²) < 4.78 is 40.5. The Morgan fingerprint density at radius 2 is 1.52 bits per heavy atom. The van der Waals surface area contributed by atoms with Gasteiger partial charge in [0.1, 0.15) is 12.7 Å². The minimum atomic E-state index is -0.653. The molecule has 0 aromatic heterocycles. The first-order valence-corrected chi connectivity index (χ1v) is 13.6. The second-order valence-corrected chi connectivity index (χ2v) is 9.89. The van der Waals surface area contributed by atoms with Crippen LogP contribution < -0.4 is 23.7 Å². The van der Waals surface area contributed by atoms with Crippen LogP contribution in [0.5, 0.6) is 28.7 Å². The largest absolute Gasteiger partial charge is 0.508 e. The van der Waals surface area contributed by atoms with Gasteiger partial charge in [-0.15, -0.1) is 0 Å². The monoisotopic (exact) mass is 548 g/mol. The number of ether oxygens (including phenoxy) is 7. The van der Waals surface area contributed by atoms with Crippen LogP contribution in [0.1, 0.15) is 59.4 Å². The number of rotatable bonds is 9. The summed E-state index contributed by atoms with van der Waals surface area (Å²) >= 11 is 0. The summed E-state index contributed by atoms with van der Waals surface area (Å²) in [4.78, 5) is 12.5. The van der Waals surface area contributed by atoms with Crippen molar-refractivity contribution in [2.24, 2.45) is 0 Å². The molecule has 2 bridgehead atoms. The van der Waals surface area contributed by atoms with Gasteiger partial charge in [0, 0.05) is 17.4 Å². The predicted molar refractivity (Wildman–Crippen MR) is 149 cm³/mol. The van der Waals surface area contributed by atoms with Crippen LogP contribution in [0, 0.1) is 0 Å². The molecule has 0 amide bonds. The van der Waals surface area contributed by atoms with Gasteiger partial charge in [0.2, 0.25) is 5.75 Å². The van der Waals surface area contributed by atoms with Gasteiger partial charge < -0.3 is 33.2 Å². The summed E-state index contributed by atoms with van der Waals surface area (Å²) in [6, 6.07) is 16.1. The molecule has 5 rings (SSSR count). The molecule has 0 fully saturated rings. The van der Waals surface area contributed by atoms with E-state index in [0.29, 0.717) is 54.6 Å². The van der Waals surface area contributed by atoms with E-state index in [9.17, 15) is 4.79 Å². The van der Waals surface area contributed by atoms with Crippen molar-refractivity contribution in [1.82, 2.24) is 0 Å². The van der Waals surface area contributed by atoms with E-state index in [2.05, 4.69) is 12.1 Å². The Bertz CT molecular complexity index is 1350. The Hall–Kier alpha value is -4.07. The van der Waals surface area contributed by atoms with Gasteiger partial charge in [-0.2, -0.15) is 0 Å². The Balaban J connectivity index is 1.64. The van der Waals surface area contributed by atoms with Crippen LogP contribution in [0.15, 0.2) is 48.5 Å². The smallest absolute Gasteiger partial charge is 0.493 e. The number of hydrogen-bond donors (Lipinski definition) is 0. The van der Waals surface area contributed by atoms with Crippen molar-refractivity contribution in [3.63, 3.8) is 0 Å². The van der Waals surface area contributed by atoms with E-state index in [1.54, 1.807) is 35.4 Å². The Morgan fingerprint density at radius 3 is 2.20 bits per heavy atom. The zero-order valence-electron chi connectivity index (χ0n) is 23.7. The van der Waals surface area contributed by atoms with Gasteiger partial charge in [0.05, 0.1) is 35.0 Å². The average Bonchev–Trinajstić information content (AvgIpc) is 2.97. The second kappa shape index (κ2) is 12.0. The van der Waals surface area contributed by atoms with Crippen LogP contribution in [0.2, 0.25) is 0 Å². The second-order valence-electron chi connectivity index (χ2n) is 9.89. The highest BCUT2D eigenvalue weighted by molar-refractivity contribution is 5.65. The third kappa shape index (κ3) is 5.10. The molecule has 3 aromatic rings. The fraction of sp³-hybridized carbons (Fsp3) is 0.406. The summed E-state index contributed by atoms with van der Waals surface area (Å²) in [6.07, 6.45) is 0.968. The van der Waals surface area contributed by atoms with E-state index in [0.717, 1.165) is 27.8 Å². The van der Waals surface area contributed by atoms with Gasteiger partial charge in [0.25, 0.3) is 0 Å². The zero-order chi connectivity index (χ0) is 28.2. The maximum Gasteiger partial charge on any atom is 0.508 e. The summed E-state index contributed by atoms with van der Waals surface area (Å²) in [7, 11) is 6.52. The summed E-state index contributed by atoms with van der Waals surface area (Å²) in [5, 5.41) is 0. The van der Waals surface area contributed by atoms with Crippen molar-refractivity contribution in [3.05, 3.63) is 76.3 Å². The predicted octanol–water partition coefficient (Wildman–Crippen LogP) is 6.41. The highest BCUT2D eigenvalue weighted by Crippen LogP contribution is 2.55. The molecule has 0 unspecified atom stereocenters. The lowest BCUT2D eigenvalue weighted by Gasteiger charge is -2.41. The maximum absolute atomic E-state index is 12.5. The van der Waals surface area contributed by atoms with E-state index in [4.69, 9.17) is 33.2 Å². The summed E-state index contributed by atoms with van der Waals surface area (Å²) in [6.45, 7) is 2.43. The quantitative estimate of drug-likeness (QED) is 0.284. The molecule has 40 heavy (non-hydrogen) atoms. The first-order valence-electron chi connectivity index (χ1n) is 13.6. The fourth-order valence-corrected chi connectivity index (χ4v) is 6.09. The van der Waals surface area contributed by atoms with Crippen molar-refractivity contribution in [3.8, 4) is 28.7 Å². The highest BCUT2D eigenvalue weighted by Gasteiger charge is 2.43. The Labute approximate surface area is 235 Å². The molecular formula is C32H36O8. The molecule has 0 saturated heterocycles. The third-order valence-electron chi connectivity index (χ3n) is 7.86. The SMILES string of the molecule is CCOC(=O)O[C@H]1C[C@H]2c3cc(OC)c(OCc4ccccc4)cc3[C@H]1CCc1c2cc(OC)c(OC)c1OC. The van der Waals surface area contributed by atoms with Gasteiger partial charge in [-0.25, -0.2) is 4.79 Å². The molecule has 0 spiro atoms. The highest BCUT2D eigenvalue weighted by atomic mass is 16.7. The number of fused-ring (bicyclic) bond motifs is 2. The topological polar surface area (TPSA) is 81.7 Å². The van der Waals surface area contributed by atoms with E-state index in [1.165, 1.54) is 0 Å². The van der Waals surface area contributed by atoms with E-state index >= 15 is 0 Å². The molecule has 2 aliphatic rings. The van der Waals surface area contributed by atoms with Crippen molar-refractivity contribution < 1.29 is 38.0 Å². The molecular weight excluding hydrogens is 512 g/mol. The Morgan fingerprint density at radius 1 is 0.825 bits per heavy atom. The lowest BCUT2D eigenvalue weighted by Crippen LogP contribution is -2.35. The van der Waals surface area contributed by atoms with Crippen molar-refractivity contribution in [2.45, 2.75) is 50.7 Å². The molecule has 212 valence electrons. The number of carbonyl (C=O) groups is 1. The Kier molecular flexibility index (Phi) is 8.24. The van der Waals surface area contributed by atoms with Gasteiger partial charge in [-0.05, 0) is 66.6 Å². The molecule has 3 atom stereocenters. The molecule has 2 aliphatic carbocycles. The van der Waals surface area contributed by atoms with Crippen molar-refractivity contribution in [1.29, 1.82) is 0 Å². The number of methoxy groups -OCH3 is 4. The molecule has 0 heterocycles. The van der Waals surface area contributed by atoms with E-state index in [1.807, 2.05) is 36.4 Å². The number of hydrogen-bond acceptors (Lipinski definition) is 8. The van der Waals surface area contributed by atoms with Crippen LogP contribution in [-0.2, 0) is 22.5 Å². The van der Waals surface area contributed by atoms with E-state index in [-0.39, 0.29) is 24.5 Å². The first kappa shape index (κ1) is 27.5.